The smallest absolute Gasteiger partial charge is 0.253 e. The maximum atomic E-state index is 11.5. The van der Waals surface area contributed by atoms with Gasteiger partial charge in [-0.05, 0) is 24.6 Å². The van der Waals surface area contributed by atoms with Crippen LogP contribution in [0.3, 0.4) is 0 Å². The number of methoxy groups -OCH3 is 1. The van der Waals surface area contributed by atoms with Gasteiger partial charge in [-0.3, -0.25) is 4.79 Å². The summed E-state index contributed by atoms with van der Waals surface area (Å²) in [5, 5.41) is 0.371. The van der Waals surface area contributed by atoms with E-state index in [-0.39, 0.29) is 22.7 Å². The highest BCUT2D eigenvalue weighted by Crippen LogP contribution is 2.36. The molecule has 6 nitrogen and oxygen atoms in total. The summed E-state index contributed by atoms with van der Waals surface area (Å²) in [5.74, 6) is 0.947. The van der Waals surface area contributed by atoms with Crippen LogP contribution in [-0.2, 0) is 0 Å². The average Bonchev–Trinajstić information content (AvgIpc) is 2.43. The molecule has 0 fully saturated rings. The van der Waals surface area contributed by atoms with Crippen molar-refractivity contribution in [2.75, 3.05) is 12.8 Å². The van der Waals surface area contributed by atoms with E-state index < -0.39 is 0 Å². The molecular formula is C14H18N4O2S. The van der Waals surface area contributed by atoms with Crippen LogP contribution < -0.4 is 21.8 Å². The molecule has 0 aliphatic rings. The summed E-state index contributed by atoms with van der Waals surface area (Å²) < 4.78 is 5.23. The van der Waals surface area contributed by atoms with E-state index in [1.165, 1.54) is 17.8 Å². The number of hydrogen-bond acceptors (Lipinski definition) is 6. The van der Waals surface area contributed by atoms with Crippen molar-refractivity contribution < 1.29 is 4.74 Å². The van der Waals surface area contributed by atoms with Gasteiger partial charge in [-0.1, -0.05) is 23.9 Å². The number of nitrogens with two attached hydrogens (primary N) is 2. The van der Waals surface area contributed by atoms with E-state index in [0.717, 1.165) is 11.3 Å². The third kappa shape index (κ3) is 3.99. The Morgan fingerprint density at radius 2 is 2.14 bits per heavy atom. The van der Waals surface area contributed by atoms with Gasteiger partial charge in [0.2, 0.25) is 0 Å². The van der Waals surface area contributed by atoms with Crippen molar-refractivity contribution in [1.29, 1.82) is 0 Å². The number of nitrogen functional groups attached to an aromatic ring is 1. The molecule has 0 saturated heterocycles. The van der Waals surface area contributed by atoms with E-state index in [4.69, 9.17) is 16.2 Å². The summed E-state index contributed by atoms with van der Waals surface area (Å²) in [6, 6.07) is 8.76. The molecule has 0 radical (unpaired) electrons. The minimum atomic E-state index is -0.279. The van der Waals surface area contributed by atoms with Gasteiger partial charge in [-0.2, -0.15) is 0 Å². The topological polar surface area (TPSA) is 107 Å². The van der Waals surface area contributed by atoms with E-state index in [9.17, 15) is 4.79 Å². The number of aromatic nitrogens is 2. The lowest BCUT2D eigenvalue weighted by Crippen LogP contribution is -2.23. The second kappa shape index (κ2) is 6.64. The number of anilines is 1. The predicted octanol–water partition coefficient (Wildman–Crippen LogP) is 1.54. The number of rotatable bonds is 5. The summed E-state index contributed by atoms with van der Waals surface area (Å²) in [4.78, 5) is 18.2. The number of nitrogens with one attached hydrogen (secondary N) is 1. The molecule has 0 amide bonds. The number of nitrogens with zero attached hydrogens (tertiary/aromatic N) is 1. The molecule has 112 valence electrons. The molecule has 21 heavy (non-hydrogen) atoms. The first-order chi connectivity index (χ1) is 9.99. The lowest BCUT2D eigenvalue weighted by molar-refractivity contribution is 0.414. The third-order valence-corrected chi connectivity index (χ3v) is 4.25. The van der Waals surface area contributed by atoms with Crippen molar-refractivity contribution in [2.24, 2.45) is 5.73 Å². The Labute approximate surface area is 126 Å². The number of hydrogen-bond donors (Lipinski definition) is 3. The number of ether oxygens (including phenoxy) is 1. The first kappa shape index (κ1) is 15.4. The molecule has 1 aromatic carbocycles. The second-order valence-corrected chi connectivity index (χ2v) is 5.78. The summed E-state index contributed by atoms with van der Waals surface area (Å²) in [6.45, 7) is 1.90. The molecule has 2 aromatic rings. The Morgan fingerprint density at radius 1 is 1.38 bits per heavy atom. The van der Waals surface area contributed by atoms with Gasteiger partial charge >= 0.3 is 0 Å². The zero-order valence-electron chi connectivity index (χ0n) is 11.9. The molecule has 5 N–H and O–H groups in total. The Balaban J connectivity index is 2.32. The molecule has 2 atom stereocenters. The molecule has 7 heteroatoms. The van der Waals surface area contributed by atoms with Crippen LogP contribution in [0.25, 0.3) is 0 Å². The van der Waals surface area contributed by atoms with Gasteiger partial charge < -0.3 is 21.2 Å². The van der Waals surface area contributed by atoms with Crippen LogP contribution in [0.1, 0.15) is 17.7 Å². The molecular weight excluding hydrogens is 288 g/mol. The zero-order valence-corrected chi connectivity index (χ0v) is 12.7. The predicted molar refractivity (Wildman–Crippen MR) is 84.5 cm³/mol. The first-order valence-electron chi connectivity index (χ1n) is 6.42. The van der Waals surface area contributed by atoms with Crippen LogP contribution in [0.15, 0.2) is 40.3 Å². The Kier molecular flexibility index (Phi) is 4.87. The van der Waals surface area contributed by atoms with E-state index in [0.29, 0.717) is 5.16 Å². The number of aromatic amines is 1. The molecule has 1 heterocycles. The van der Waals surface area contributed by atoms with Crippen molar-refractivity contribution in [3.8, 4) is 5.75 Å². The zero-order chi connectivity index (χ0) is 15.4. The first-order valence-corrected chi connectivity index (χ1v) is 7.30. The van der Waals surface area contributed by atoms with E-state index in [2.05, 4.69) is 9.97 Å². The maximum Gasteiger partial charge on any atom is 0.253 e. The molecule has 1 aromatic heterocycles. The van der Waals surface area contributed by atoms with Crippen LogP contribution in [-0.4, -0.2) is 23.1 Å². The third-order valence-electron chi connectivity index (χ3n) is 2.88. The second-order valence-electron chi connectivity index (χ2n) is 4.65. The molecule has 0 spiro atoms. The highest BCUT2D eigenvalue weighted by molar-refractivity contribution is 7.99. The highest BCUT2D eigenvalue weighted by Gasteiger charge is 2.19. The fourth-order valence-corrected chi connectivity index (χ4v) is 2.98. The fraction of sp³-hybridized carbons (Fsp3) is 0.286. The summed E-state index contributed by atoms with van der Waals surface area (Å²) in [7, 11) is 1.62. The highest BCUT2D eigenvalue weighted by atomic mass is 32.2. The van der Waals surface area contributed by atoms with Crippen LogP contribution in [0.2, 0.25) is 0 Å². The molecule has 0 aliphatic carbocycles. The Hall–Kier alpha value is -1.99. The molecule has 0 aliphatic heterocycles. The normalized spacial score (nSPS) is 13.7. The van der Waals surface area contributed by atoms with Gasteiger partial charge in [0, 0.05) is 12.1 Å². The number of H-pyrrole nitrogens is 1. The van der Waals surface area contributed by atoms with Crippen molar-refractivity contribution >= 4 is 17.6 Å². The van der Waals surface area contributed by atoms with E-state index in [1.807, 2.05) is 31.2 Å². The largest absolute Gasteiger partial charge is 0.497 e. The van der Waals surface area contributed by atoms with Crippen molar-refractivity contribution in [2.45, 2.75) is 23.4 Å². The average molecular weight is 306 g/mol. The number of benzene rings is 1. The van der Waals surface area contributed by atoms with Gasteiger partial charge in [0.1, 0.15) is 11.6 Å². The van der Waals surface area contributed by atoms with Crippen molar-refractivity contribution in [1.82, 2.24) is 9.97 Å². The maximum absolute atomic E-state index is 11.5. The Morgan fingerprint density at radius 3 is 2.76 bits per heavy atom. The van der Waals surface area contributed by atoms with E-state index in [1.54, 1.807) is 7.11 Å². The lowest BCUT2D eigenvalue weighted by atomic mass is 10.1. The van der Waals surface area contributed by atoms with Gasteiger partial charge in [-0.25, -0.2) is 4.98 Å². The van der Waals surface area contributed by atoms with Crippen molar-refractivity contribution in [3.05, 3.63) is 46.2 Å². The molecule has 2 rings (SSSR count). The lowest BCUT2D eigenvalue weighted by Gasteiger charge is -2.20. The monoisotopic (exact) mass is 306 g/mol. The number of thioether (sulfide) groups is 1. The van der Waals surface area contributed by atoms with Gasteiger partial charge in [0.15, 0.2) is 5.16 Å². The van der Waals surface area contributed by atoms with Gasteiger partial charge in [0.25, 0.3) is 5.56 Å². The molecule has 2 unspecified atom stereocenters. The standard InChI is InChI=1S/C14H18N4O2S/c1-8(15)13(9-4-3-5-10(6-9)20-2)21-14-17-11(16)7-12(19)18-14/h3-8,13H,15H2,1-2H3,(H3,16,17,18,19). The van der Waals surface area contributed by atoms with Crippen LogP contribution in [0.4, 0.5) is 5.82 Å². The fourth-order valence-electron chi connectivity index (χ4n) is 1.93. The van der Waals surface area contributed by atoms with Crippen LogP contribution in [0, 0.1) is 0 Å². The minimum Gasteiger partial charge on any atom is -0.497 e. The van der Waals surface area contributed by atoms with Crippen LogP contribution in [0.5, 0.6) is 5.75 Å². The van der Waals surface area contributed by atoms with Crippen LogP contribution >= 0.6 is 11.8 Å². The van der Waals surface area contributed by atoms with Gasteiger partial charge in [-0.15, -0.1) is 0 Å². The summed E-state index contributed by atoms with van der Waals surface area (Å²) in [5.41, 5.74) is 12.4. The molecule has 0 bridgehead atoms. The van der Waals surface area contributed by atoms with Gasteiger partial charge in [0.05, 0.1) is 12.4 Å². The van der Waals surface area contributed by atoms with Crippen molar-refractivity contribution in [3.63, 3.8) is 0 Å². The molecule has 0 saturated carbocycles. The SMILES string of the molecule is COc1cccc(C(Sc2nc(N)cc(=O)[nH]2)C(C)N)c1. The minimum absolute atomic E-state index is 0.0787. The Bertz CT molecular complexity index is 672. The quantitative estimate of drug-likeness (QED) is 0.571. The summed E-state index contributed by atoms with van der Waals surface area (Å²) in [6.07, 6.45) is 0. The summed E-state index contributed by atoms with van der Waals surface area (Å²) >= 11 is 1.37. The van der Waals surface area contributed by atoms with E-state index >= 15 is 0 Å².